The van der Waals surface area contributed by atoms with Crippen molar-refractivity contribution in [3.63, 3.8) is 0 Å². The van der Waals surface area contributed by atoms with Gasteiger partial charge in [-0.25, -0.2) is 4.98 Å². The molecule has 1 N–H and O–H groups in total. The minimum Gasteiger partial charge on any atom is -0.382 e. The van der Waals surface area contributed by atoms with Crippen LogP contribution in [0.5, 0.6) is 0 Å². The SMILES string of the molecule is CCn1ncc(Br)c1C(O)c1ccnc(Cl)c1. The standard InChI is InChI=1S/C11H11BrClN3O/c1-2-16-10(8(12)6-15-16)11(17)7-3-4-14-9(13)5-7/h3-6,11,17H,2H2,1H3. The zero-order valence-corrected chi connectivity index (χ0v) is 11.5. The van der Waals surface area contributed by atoms with Gasteiger partial charge in [-0.1, -0.05) is 11.6 Å². The number of halogens is 2. The molecule has 2 aromatic heterocycles. The molecule has 0 aliphatic carbocycles. The van der Waals surface area contributed by atoms with Crippen LogP contribution in [0.3, 0.4) is 0 Å². The quantitative estimate of drug-likeness (QED) is 0.886. The fourth-order valence-corrected chi connectivity index (χ4v) is 2.34. The minimum absolute atomic E-state index is 0.361. The van der Waals surface area contributed by atoms with Crippen molar-refractivity contribution in [1.29, 1.82) is 0 Å². The summed E-state index contributed by atoms with van der Waals surface area (Å²) >= 11 is 9.19. The number of hydrogen-bond acceptors (Lipinski definition) is 3. The average molecular weight is 317 g/mol. The lowest BCUT2D eigenvalue weighted by molar-refractivity contribution is 0.207. The van der Waals surface area contributed by atoms with Crippen molar-refractivity contribution in [2.75, 3.05) is 0 Å². The van der Waals surface area contributed by atoms with Crippen molar-refractivity contribution in [2.24, 2.45) is 0 Å². The molecule has 17 heavy (non-hydrogen) atoms. The molecular weight excluding hydrogens is 305 g/mol. The molecule has 0 aliphatic rings. The van der Waals surface area contributed by atoms with Crippen molar-refractivity contribution in [3.05, 3.63) is 45.4 Å². The van der Waals surface area contributed by atoms with Gasteiger partial charge in [0.1, 0.15) is 11.3 Å². The van der Waals surface area contributed by atoms with Crippen molar-refractivity contribution in [1.82, 2.24) is 14.8 Å². The zero-order chi connectivity index (χ0) is 12.4. The molecule has 0 aromatic carbocycles. The van der Waals surface area contributed by atoms with Gasteiger partial charge in [-0.05, 0) is 40.5 Å². The monoisotopic (exact) mass is 315 g/mol. The molecule has 6 heteroatoms. The van der Waals surface area contributed by atoms with Crippen molar-refractivity contribution >= 4 is 27.5 Å². The zero-order valence-electron chi connectivity index (χ0n) is 9.14. The number of aryl methyl sites for hydroxylation is 1. The Balaban J connectivity index is 2.43. The molecule has 0 saturated heterocycles. The normalized spacial score (nSPS) is 12.7. The highest BCUT2D eigenvalue weighted by Gasteiger charge is 2.19. The molecule has 1 unspecified atom stereocenters. The summed E-state index contributed by atoms with van der Waals surface area (Å²) in [6.07, 6.45) is 2.47. The van der Waals surface area contributed by atoms with Crippen molar-refractivity contribution in [2.45, 2.75) is 19.6 Å². The maximum Gasteiger partial charge on any atom is 0.129 e. The van der Waals surface area contributed by atoms with Crippen LogP contribution in [-0.2, 0) is 6.54 Å². The van der Waals surface area contributed by atoms with E-state index >= 15 is 0 Å². The van der Waals surface area contributed by atoms with Gasteiger partial charge in [0.15, 0.2) is 0 Å². The van der Waals surface area contributed by atoms with Crippen LogP contribution in [0.2, 0.25) is 5.15 Å². The summed E-state index contributed by atoms with van der Waals surface area (Å²) in [5, 5.41) is 14.8. The van der Waals surface area contributed by atoms with Crippen LogP contribution in [0, 0.1) is 0 Å². The molecule has 2 rings (SSSR count). The average Bonchev–Trinajstić information content (AvgIpc) is 2.69. The first-order valence-electron chi connectivity index (χ1n) is 5.14. The van der Waals surface area contributed by atoms with Crippen LogP contribution in [0.4, 0.5) is 0 Å². The molecule has 0 aliphatic heterocycles. The Morgan fingerprint density at radius 2 is 2.35 bits per heavy atom. The molecular formula is C11H11BrClN3O. The van der Waals surface area contributed by atoms with E-state index in [1.165, 1.54) is 0 Å². The third kappa shape index (κ3) is 2.51. The molecule has 1 atom stereocenters. The summed E-state index contributed by atoms with van der Waals surface area (Å²) in [6, 6.07) is 3.38. The maximum atomic E-state index is 10.3. The van der Waals surface area contributed by atoms with E-state index < -0.39 is 6.10 Å². The first kappa shape index (κ1) is 12.5. The molecule has 0 bridgehead atoms. The van der Waals surface area contributed by atoms with Gasteiger partial charge in [-0.15, -0.1) is 0 Å². The second-order valence-corrected chi connectivity index (χ2v) is 4.75. The summed E-state index contributed by atoms with van der Waals surface area (Å²) in [6.45, 7) is 2.66. The number of aliphatic hydroxyl groups is 1. The van der Waals surface area contributed by atoms with Crippen LogP contribution >= 0.6 is 27.5 Å². The highest BCUT2D eigenvalue weighted by Crippen LogP contribution is 2.29. The van der Waals surface area contributed by atoms with E-state index in [9.17, 15) is 5.11 Å². The van der Waals surface area contributed by atoms with Crippen LogP contribution in [0.25, 0.3) is 0 Å². The predicted octanol–water partition coefficient (Wildman–Crippen LogP) is 2.80. The molecule has 0 radical (unpaired) electrons. The lowest BCUT2D eigenvalue weighted by Crippen LogP contribution is -2.09. The number of rotatable bonds is 3. The Kier molecular flexibility index (Phi) is 3.81. The van der Waals surface area contributed by atoms with E-state index in [2.05, 4.69) is 26.0 Å². The Morgan fingerprint density at radius 1 is 1.59 bits per heavy atom. The predicted molar refractivity (Wildman–Crippen MR) is 68.9 cm³/mol. The number of aromatic nitrogens is 3. The van der Waals surface area contributed by atoms with E-state index in [1.54, 1.807) is 29.2 Å². The first-order valence-corrected chi connectivity index (χ1v) is 6.31. The van der Waals surface area contributed by atoms with Gasteiger partial charge in [0.2, 0.25) is 0 Å². The van der Waals surface area contributed by atoms with Gasteiger partial charge < -0.3 is 5.11 Å². The molecule has 0 saturated carbocycles. The number of pyridine rings is 1. The van der Waals surface area contributed by atoms with Crippen LogP contribution in [0.1, 0.15) is 24.3 Å². The van der Waals surface area contributed by atoms with E-state index in [-0.39, 0.29) is 0 Å². The van der Waals surface area contributed by atoms with Gasteiger partial charge in [0.25, 0.3) is 0 Å². The Labute approximate surface area is 112 Å². The Morgan fingerprint density at radius 3 is 3.00 bits per heavy atom. The topological polar surface area (TPSA) is 50.9 Å². The largest absolute Gasteiger partial charge is 0.382 e. The molecule has 90 valence electrons. The Hall–Kier alpha value is -0.910. The summed E-state index contributed by atoms with van der Waals surface area (Å²) in [4.78, 5) is 3.89. The third-order valence-corrected chi connectivity index (χ3v) is 3.28. The summed E-state index contributed by atoms with van der Waals surface area (Å²) in [5.41, 5.74) is 1.41. The van der Waals surface area contributed by atoms with Gasteiger partial charge in [-0.3, -0.25) is 4.68 Å². The lowest BCUT2D eigenvalue weighted by Gasteiger charge is -2.13. The number of nitrogens with zero attached hydrogens (tertiary/aromatic N) is 3. The van der Waals surface area contributed by atoms with E-state index in [0.29, 0.717) is 17.3 Å². The fourth-order valence-electron chi connectivity index (χ4n) is 1.64. The van der Waals surface area contributed by atoms with E-state index in [0.717, 1.165) is 10.2 Å². The van der Waals surface area contributed by atoms with Gasteiger partial charge in [0, 0.05) is 12.7 Å². The van der Waals surface area contributed by atoms with Gasteiger partial charge in [0.05, 0.1) is 16.4 Å². The molecule has 0 amide bonds. The molecule has 2 heterocycles. The summed E-state index contributed by atoms with van der Waals surface area (Å²) < 4.78 is 2.52. The van der Waals surface area contributed by atoms with Crippen LogP contribution in [-0.4, -0.2) is 19.9 Å². The highest BCUT2D eigenvalue weighted by molar-refractivity contribution is 9.10. The van der Waals surface area contributed by atoms with Crippen LogP contribution in [0.15, 0.2) is 29.0 Å². The molecule has 0 spiro atoms. The number of aliphatic hydroxyl groups excluding tert-OH is 1. The highest BCUT2D eigenvalue weighted by atomic mass is 79.9. The minimum atomic E-state index is -0.771. The van der Waals surface area contributed by atoms with Gasteiger partial charge >= 0.3 is 0 Å². The molecule has 2 aromatic rings. The Bertz CT molecular complexity index is 529. The number of hydrogen-bond donors (Lipinski definition) is 1. The third-order valence-electron chi connectivity index (χ3n) is 2.46. The van der Waals surface area contributed by atoms with E-state index in [1.807, 2.05) is 6.92 Å². The fraction of sp³-hybridized carbons (Fsp3) is 0.273. The second kappa shape index (κ2) is 5.16. The van der Waals surface area contributed by atoms with Gasteiger partial charge in [-0.2, -0.15) is 5.10 Å². The lowest BCUT2D eigenvalue weighted by atomic mass is 10.1. The smallest absolute Gasteiger partial charge is 0.129 e. The second-order valence-electron chi connectivity index (χ2n) is 3.51. The first-order chi connectivity index (χ1) is 8.13. The van der Waals surface area contributed by atoms with E-state index in [4.69, 9.17) is 11.6 Å². The van der Waals surface area contributed by atoms with Crippen molar-refractivity contribution in [3.8, 4) is 0 Å². The van der Waals surface area contributed by atoms with Crippen LogP contribution < -0.4 is 0 Å². The maximum absolute atomic E-state index is 10.3. The summed E-state index contributed by atoms with van der Waals surface area (Å²) in [7, 11) is 0. The molecule has 4 nitrogen and oxygen atoms in total. The van der Waals surface area contributed by atoms with Crippen molar-refractivity contribution < 1.29 is 5.11 Å². The molecule has 0 fully saturated rings. The summed E-state index contributed by atoms with van der Waals surface area (Å²) in [5.74, 6) is 0.